The fourth-order valence-electron chi connectivity index (χ4n) is 1.09. The molecule has 0 aliphatic carbocycles. The second-order valence-electron chi connectivity index (χ2n) is 3.20. The molecule has 0 aliphatic heterocycles. The van der Waals surface area contributed by atoms with E-state index in [1.165, 1.54) is 0 Å². The molecule has 6 nitrogen and oxygen atoms in total. The van der Waals surface area contributed by atoms with Gasteiger partial charge in [-0.25, -0.2) is 0 Å². The lowest BCUT2D eigenvalue weighted by molar-refractivity contribution is 0.0942. The minimum Gasteiger partial charge on any atom is -0.349 e. The standard InChI is InChI=1S/C9H16N4O2S/c1-3-11-8(14)7-12-9(15-13-7)6(10)4-5-16-2/h6H,3-5,10H2,1-2H3,(H,11,14)/t6-/m0/s1. The van der Waals surface area contributed by atoms with Crippen molar-refractivity contribution in [1.29, 1.82) is 0 Å². The molecule has 0 aromatic carbocycles. The Morgan fingerprint density at radius 2 is 2.44 bits per heavy atom. The van der Waals surface area contributed by atoms with Gasteiger partial charge in [-0.3, -0.25) is 4.79 Å². The first-order valence-corrected chi connectivity index (χ1v) is 6.44. The molecule has 3 N–H and O–H groups in total. The minimum absolute atomic E-state index is 0.0384. The third kappa shape index (κ3) is 3.49. The lowest BCUT2D eigenvalue weighted by Crippen LogP contribution is -2.24. The molecule has 1 aromatic rings. The van der Waals surface area contributed by atoms with E-state index in [1.54, 1.807) is 11.8 Å². The number of hydrogen-bond donors (Lipinski definition) is 2. The van der Waals surface area contributed by atoms with E-state index in [4.69, 9.17) is 10.3 Å². The molecule has 0 saturated carbocycles. The molecule has 1 heterocycles. The van der Waals surface area contributed by atoms with Crippen LogP contribution >= 0.6 is 11.8 Å². The van der Waals surface area contributed by atoms with Gasteiger partial charge in [0.1, 0.15) is 0 Å². The van der Waals surface area contributed by atoms with Crippen molar-refractivity contribution in [3.63, 3.8) is 0 Å². The van der Waals surface area contributed by atoms with E-state index in [1.807, 2.05) is 13.2 Å². The van der Waals surface area contributed by atoms with Crippen LogP contribution in [0.4, 0.5) is 0 Å². The van der Waals surface area contributed by atoms with Gasteiger partial charge in [0.15, 0.2) is 0 Å². The molecule has 16 heavy (non-hydrogen) atoms. The van der Waals surface area contributed by atoms with Gasteiger partial charge in [-0.1, -0.05) is 5.16 Å². The van der Waals surface area contributed by atoms with Crippen LogP contribution < -0.4 is 11.1 Å². The first-order chi connectivity index (χ1) is 7.69. The smallest absolute Gasteiger partial charge is 0.292 e. The highest BCUT2D eigenvalue weighted by molar-refractivity contribution is 7.98. The number of nitrogens with two attached hydrogens (primary N) is 1. The molecule has 90 valence electrons. The number of nitrogens with one attached hydrogen (secondary N) is 1. The molecule has 1 aromatic heterocycles. The number of hydrogen-bond acceptors (Lipinski definition) is 6. The van der Waals surface area contributed by atoms with Gasteiger partial charge in [-0.05, 0) is 25.4 Å². The fraction of sp³-hybridized carbons (Fsp3) is 0.667. The van der Waals surface area contributed by atoms with E-state index in [-0.39, 0.29) is 17.8 Å². The van der Waals surface area contributed by atoms with Crippen LogP contribution in [-0.4, -0.2) is 34.6 Å². The molecule has 0 unspecified atom stereocenters. The second kappa shape index (κ2) is 6.49. The third-order valence-corrected chi connectivity index (χ3v) is 2.58. The van der Waals surface area contributed by atoms with Crippen LogP contribution in [0, 0.1) is 0 Å². The average molecular weight is 244 g/mol. The molecule has 0 spiro atoms. The van der Waals surface area contributed by atoms with Crippen molar-refractivity contribution < 1.29 is 9.32 Å². The SMILES string of the molecule is CCNC(=O)c1noc([C@@H](N)CCSC)n1. The number of rotatable bonds is 6. The maximum atomic E-state index is 11.4. The third-order valence-electron chi connectivity index (χ3n) is 1.93. The molecule has 0 radical (unpaired) electrons. The van der Waals surface area contributed by atoms with E-state index in [0.29, 0.717) is 12.4 Å². The summed E-state index contributed by atoms with van der Waals surface area (Å²) in [6.45, 7) is 2.35. The van der Waals surface area contributed by atoms with Gasteiger partial charge in [0.2, 0.25) is 5.89 Å². The first-order valence-electron chi connectivity index (χ1n) is 5.05. The highest BCUT2D eigenvalue weighted by atomic mass is 32.2. The van der Waals surface area contributed by atoms with Crippen molar-refractivity contribution in [3.05, 3.63) is 11.7 Å². The Labute approximate surface area is 98.3 Å². The molecule has 1 atom stereocenters. The zero-order valence-corrected chi connectivity index (χ0v) is 10.2. The van der Waals surface area contributed by atoms with Crippen LogP contribution in [0.3, 0.4) is 0 Å². The Balaban J connectivity index is 2.59. The van der Waals surface area contributed by atoms with Crippen LogP contribution in [0.2, 0.25) is 0 Å². The highest BCUT2D eigenvalue weighted by Crippen LogP contribution is 2.13. The topological polar surface area (TPSA) is 94.0 Å². The number of thioether (sulfide) groups is 1. The number of carbonyl (C=O) groups excluding carboxylic acids is 1. The minimum atomic E-state index is -0.338. The predicted octanol–water partition coefficient (Wildman–Crippen LogP) is 0.572. The Hall–Kier alpha value is -1.08. The summed E-state index contributed by atoms with van der Waals surface area (Å²) in [7, 11) is 0. The lowest BCUT2D eigenvalue weighted by atomic mass is 10.2. The molecular weight excluding hydrogens is 228 g/mol. The molecule has 1 rings (SSSR count). The number of aromatic nitrogens is 2. The summed E-state index contributed by atoms with van der Waals surface area (Å²) in [5.74, 6) is 0.932. The van der Waals surface area contributed by atoms with Gasteiger partial charge in [-0.2, -0.15) is 16.7 Å². The molecule has 0 saturated heterocycles. The highest BCUT2D eigenvalue weighted by Gasteiger charge is 2.18. The van der Waals surface area contributed by atoms with E-state index >= 15 is 0 Å². The first kappa shape index (κ1) is 13.0. The van der Waals surface area contributed by atoms with E-state index in [2.05, 4.69) is 15.5 Å². The van der Waals surface area contributed by atoms with E-state index in [0.717, 1.165) is 12.2 Å². The van der Waals surface area contributed by atoms with Crippen LogP contribution in [0.5, 0.6) is 0 Å². The van der Waals surface area contributed by atoms with E-state index < -0.39 is 0 Å². The molecule has 7 heteroatoms. The van der Waals surface area contributed by atoms with Gasteiger partial charge in [0.05, 0.1) is 6.04 Å². The fourth-order valence-corrected chi connectivity index (χ4v) is 1.58. The van der Waals surface area contributed by atoms with Gasteiger partial charge < -0.3 is 15.6 Å². The number of carbonyl (C=O) groups is 1. The van der Waals surface area contributed by atoms with Gasteiger partial charge >= 0.3 is 0 Å². The van der Waals surface area contributed by atoms with Crippen LogP contribution in [0.15, 0.2) is 4.52 Å². The summed E-state index contributed by atoms with van der Waals surface area (Å²) < 4.78 is 4.93. The Kier molecular flexibility index (Phi) is 5.27. The Morgan fingerprint density at radius 1 is 1.69 bits per heavy atom. The van der Waals surface area contributed by atoms with Gasteiger partial charge in [0.25, 0.3) is 11.7 Å². The van der Waals surface area contributed by atoms with Crippen molar-refractivity contribution in [2.24, 2.45) is 5.73 Å². The quantitative estimate of drug-likeness (QED) is 0.760. The zero-order chi connectivity index (χ0) is 12.0. The average Bonchev–Trinajstić information content (AvgIpc) is 2.75. The molecule has 1 amide bonds. The van der Waals surface area contributed by atoms with Crippen molar-refractivity contribution >= 4 is 17.7 Å². The predicted molar refractivity (Wildman–Crippen MR) is 62.2 cm³/mol. The Morgan fingerprint density at radius 3 is 3.06 bits per heavy atom. The maximum Gasteiger partial charge on any atom is 0.292 e. The largest absolute Gasteiger partial charge is 0.349 e. The summed E-state index contributed by atoms with van der Waals surface area (Å²) >= 11 is 1.70. The van der Waals surface area contributed by atoms with Crippen molar-refractivity contribution in [1.82, 2.24) is 15.5 Å². The summed E-state index contributed by atoms with van der Waals surface area (Å²) in [6.07, 6.45) is 2.75. The van der Waals surface area contributed by atoms with Crippen LogP contribution in [0.25, 0.3) is 0 Å². The Bertz CT molecular complexity index is 342. The molecule has 0 bridgehead atoms. The van der Waals surface area contributed by atoms with Crippen molar-refractivity contribution in [3.8, 4) is 0 Å². The lowest BCUT2D eigenvalue weighted by Gasteiger charge is -2.03. The summed E-state index contributed by atoms with van der Waals surface area (Å²) in [4.78, 5) is 15.3. The monoisotopic (exact) mass is 244 g/mol. The summed E-state index contributed by atoms with van der Waals surface area (Å²) in [5.41, 5.74) is 5.83. The molecular formula is C9H16N4O2S. The van der Waals surface area contributed by atoms with Crippen molar-refractivity contribution in [2.75, 3.05) is 18.6 Å². The second-order valence-corrected chi connectivity index (χ2v) is 4.19. The van der Waals surface area contributed by atoms with Crippen LogP contribution in [-0.2, 0) is 0 Å². The normalized spacial score (nSPS) is 12.4. The summed E-state index contributed by atoms with van der Waals surface area (Å²) in [5, 5.41) is 6.17. The summed E-state index contributed by atoms with van der Waals surface area (Å²) in [6, 6.07) is -0.303. The molecule has 0 fully saturated rings. The van der Waals surface area contributed by atoms with E-state index in [9.17, 15) is 4.79 Å². The van der Waals surface area contributed by atoms with Gasteiger partial charge in [-0.15, -0.1) is 0 Å². The number of nitrogens with zero attached hydrogens (tertiary/aromatic N) is 2. The maximum absolute atomic E-state index is 11.4. The number of amides is 1. The van der Waals surface area contributed by atoms with Crippen molar-refractivity contribution in [2.45, 2.75) is 19.4 Å². The molecule has 0 aliphatic rings. The van der Waals surface area contributed by atoms with Gasteiger partial charge in [0, 0.05) is 6.54 Å². The zero-order valence-electron chi connectivity index (χ0n) is 9.40. The van der Waals surface area contributed by atoms with Crippen LogP contribution in [0.1, 0.15) is 35.9 Å².